The number of hydrogen-bond donors (Lipinski definition) is 0. The Morgan fingerprint density at radius 3 is 2.46 bits per heavy atom. The monoisotopic (exact) mass is 373 g/mol. The van der Waals surface area contributed by atoms with Gasteiger partial charge in [-0.05, 0) is 48.9 Å². The quantitative estimate of drug-likeness (QED) is 0.666. The van der Waals surface area contributed by atoms with Crippen LogP contribution in [0.5, 0.6) is 5.75 Å². The second-order valence-electron chi connectivity index (χ2n) is 5.85. The van der Waals surface area contributed by atoms with E-state index in [1.165, 1.54) is 24.3 Å². The molecule has 0 bridgehead atoms. The van der Waals surface area contributed by atoms with Crippen LogP contribution >= 0.6 is 0 Å². The van der Waals surface area contributed by atoms with E-state index in [1.807, 2.05) is 31.2 Å². The minimum atomic E-state index is -3.29. The molecular formula is C20H23NO4S. The zero-order valence-electron chi connectivity index (χ0n) is 15.0. The summed E-state index contributed by atoms with van der Waals surface area (Å²) in [5.74, 6) is 0.570. The van der Waals surface area contributed by atoms with E-state index in [2.05, 4.69) is 6.58 Å². The maximum absolute atomic E-state index is 12.8. The number of carbonyl (C=O) groups excluding carboxylic acids is 1. The van der Waals surface area contributed by atoms with E-state index in [1.54, 1.807) is 11.0 Å². The molecule has 0 atom stereocenters. The first-order chi connectivity index (χ1) is 12.3. The molecule has 2 aromatic rings. The van der Waals surface area contributed by atoms with Gasteiger partial charge in [0, 0.05) is 24.9 Å². The topological polar surface area (TPSA) is 63.7 Å². The molecule has 26 heavy (non-hydrogen) atoms. The van der Waals surface area contributed by atoms with Crippen molar-refractivity contribution in [1.82, 2.24) is 4.90 Å². The van der Waals surface area contributed by atoms with Gasteiger partial charge in [-0.2, -0.15) is 0 Å². The van der Waals surface area contributed by atoms with Crippen LogP contribution in [0.2, 0.25) is 0 Å². The number of benzene rings is 2. The van der Waals surface area contributed by atoms with Gasteiger partial charge < -0.3 is 9.64 Å². The minimum Gasteiger partial charge on any atom is -0.494 e. The van der Waals surface area contributed by atoms with E-state index in [0.29, 0.717) is 25.3 Å². The van der Waals surface area contributed by atoms with Crippen molar-refractivity contribution in [3.8, 4) is 5.75 Å². The Kier molecular flexibility index (Phi) is 6.58. The lowest BCUT2D eigenvalue weighted by Crippen LogP contribution is -2.30. The van der Waals surface area contributed by atoms with Gasteiger partial charge in [-0.25, -0.2) is 8.42 Å². The summed E-state index contributed by atoms with van der Waals surface area (Å²) in [4.78, 5) is 14.6. The van der Waals surface area contributed by atoms with Gasteiger partial charge >= 0.3 is 0 Å². The standard InChI is InChI=1S/C20H23NO4S/c1-4-13-21(15-16-7-6-8-18(14-16)25-5-2)20(22)17-9-11-19(12-10-17)26(3,23)24/h4,6-12,14H,1,5,13,15H2,2-3H3. The molecule has 0 aromatic heterocycles. The molecule has 0 unspecified atom stereocenters. The van der Waals surface area contributed by atoms with Gasteiger partial charge in [-0.15, -0.1) is 6.58 Å². The summed E-state index contributed by atoms with van der Waals surface area (Å²) in [6.07, 6.45) is 2.80. The van der Waals surface area contributed by atoms with E-state index in [-0.39, 0.29) is 10.8 Å². The van der Waals surface area contributed by atoms with Crippen LogP contribution < -0.4 is 4.74 Å². The third kappa shape index (κ3) is 5.20. The molecule has 0 fully saturated rings. The van der Waals surface area contributed by atoms with Crippen LogP contribution in [0, 0.1) is 0 Å². The fourth-order valence-electron chi connectivity index (χ4n) is 2.52. The van der Waals surface area contributed by atoms with Gasteiger partial charge in [0.2, 0.25) is 0 Å². The van der Waals surface area contributed by atoms with Crippen molar-refractivity contribution in [1.29, 1.82) is 0 Å². The fourth-order valence-corrected chi connectivity index (χ4v) is 3.15. The molecule has 0 aliphatic heterocycles. The molecule has 0 radical (unpaired) electrons. The molecule has 0 N–H and O–H groups in total. The van der Waals surface area contributed by atoms with E-state index in [0.717, 1.165) is 17.6 Å². The SMILES string of the molecule is C=CCN(Cc1cccc(OCC)c1)C(=O)c1ccc(S(C)(=O)=O)cc1. The van der Waals surface area contributed by atoms with Crippen LogP contribution in [0.3, 0.4) is 0 Å². The maximum Gasteiger partial charge on any atom is 0.254 e. The van der Waals surface area contributed by atoms with Crippen molar-refractivity contribution in [2.24, 2.45) is 0 Å². The number of rotatable bonds is 8. The predicted molar refractivity (Wildman–Crippen MR) is 102 cm³/mol. The molecule has 2 aromatic carbocycles. The van der Waals surface area contributed by atoms with Gasteiger partial charge in [0.25, 0.3) is 5.91 Å². The van der Waals surface area contributed by atoms with Crippen LogP contribution in [-0.2, 0) is 16.4 Å². The Morgan fingerprint density at radius 2 is 1.88 bits per heavy atom. The van der Waals surface area contributed by atoms with Crippen LogP contribution in [-0.4, -0.2) is 38.6 Å². The highest BCUT2D eigenvalue weighted by molar-refractivity contribution is 7.90. The van der Waals surface area contributed by atoms with Crippen molar-refractivity contribution in [3.05, 3.63) is 72.3 Å². The zero-order chi connectivity index (χ0) is 19.2. The Bertz CT molecular complexity index is 873. The van der Waals surface area contributed by atoms with Gasteiger partial charge in [0.05, 0.1) is 11.5 Å². The van der Waals surface area contributed by atoms with E-state index >= 15 is 0 Å². The highest BCUT2D eigenvalue weighted by Gasteiger charge is 2.16. The predicted octanol–water partition coefficient (Wildman–Crippen LogP) is 3.32. The summed E-state index contributed by atoms with van der Waals surface area (Å²) in [6, 6.07) is 13.6. The number of ether oxygens (including phenoxy) is 1. The summed E-state index contributed by atoms with van der Waals surface area (Å²) < 4.78 is 28.6. The first-order valence-corrected chi connectivity index (χ1v) is 10.2. The van der Waals surface area contributed by atoms with Gasteiger partial charge in [-0.3, -0.25) is 4.79 Å². The number of hydrogen-bond acceptors (Lipinski definition) is 4. The van der Waals surface area contributed by atoms with Gasteiger partial charge in [0.15, 0.2) is 9.84 Å². The average Bonchev–Trinajstić information content (AvgIpc) is 2.61. The van der Waals surface area contributed by atoms with Gasteiger partial charge in [-0.1, -0.05) is 18.2 Å². The second-order valence-corrected chi connectivity index (χ2v) is 7.87. The van der Waals surface area contributed by atoms with Crippen molar-refractivity contribution in [2.75, 3.05) is 19.4 Å². The summed E-state index contributed by atoms with van der Waals surface area (Å²) in [5, 5.41) is 0. The molecule has 0 aliphatic rings. The molecule has 138 valence electrons. The lowest BCUT2D eigenvalue weighted by atomic mass is 10.1. The lowest BCUT2D eigenvalue weighted by molar-refractivity contribution is 0.0762. The summed E-state index contributed by atoms with van der Waals surface area (Å²) >= 11 is 0. The Hall–Kier alpha value is -2.60. The third-order valence-corrected chi connectivity index (χ3v) is 4.88. The second kappa shape index (κ2) is 8.67. The minimum absolute atomic E-state index is 0.188. The van der Waals surface area contributed by atoms with E-state index < -0.39 is 9.84 Å². The van der Waals surface area contributed by atoms with E-state index in [9.17, 15) is 13.2 Å². The number of nitrogens with zero attached hydrogens (tertiary/aromatic N) is 1. The Morgan fingerprint density at radius 1 is 1.19 bits per heavy atom. The largest absolute Gasteiger partial charge is 0.494 e. The van der Waals surface area contributed by atoms with Crippen LogP contribution in [0.1, 0.15) is 22.8 Å². The number of carbonyl (C=O) groups is 1. The van der Waals surface area contributed by atoms with Crippen LogP contribution in [0.4, 0.5) is 0 Å². The first-order valence-electron chi connectivity index (χ1n) is 8.27. The molecule has 0 aliphatic carbocycles. The highest BCUT2D eigenvalue weighted by atomic mass is 32.2. The van der Waals surface area contributed by atoms with E-state index in [4.69, 9.17) is 4.74 Å². The zero-order valence-corrected chi connectivity index (χ0v) is 15.8. The normalized spacial score (nSPS) is 11.0. The molecule has 0 spiro atoms. The maximum atomic E-state index is 12.8. The molecule has 6 heteroatoms. The smallest absolute Gasteiger partial charge is 0.254 e. The number of sulfone groups is 1. The summed E-state index contributed by atoms with van der Waals surface area (Å²) in [5.41, 5.74) is 1.37. The van der Waals surface area contributed by atoms with Crippen LogP contribution in [0.15, 0.2) is 66.1 Å². The third-order valence-electron chi connectivity index (χ3n) is 3.75. The first kappa shape index (κ1) is 19.7. The average molecular weight is 373 g/mol. The Balaban J connectivity index is 2.21. The molecule has 5 nitrogen and oxygen atoms in total. The van der Waals surface area contributed by atoms with Crippen molar-refractivity contribution < 1.29 is 17.9 Å². The molecule has 0 heterocycles. The molecule has 1 amide bonds. The van der Waals surface area contributed by atoms with Gasteiger partial charge in [0.1, 0.15) is 5.75 Å². The molecule has 0 saturated heterocycles. The summed E-state index contributed by atoms with van der Waals surface area (Å²) in [6.45, 7) is 6.99. The molecule has 0 saturated carbocycles. The fraction of sp³-hybridized carbons (Fsp3) is 0.250. The van der Waals surface area contributed by atoms with Crippen molar-refractivity contribution in [3.63, 3.8) is 0 Å². The lowest BCUT2D eigenvalue weighted by Gasteiger charge is -2.22. The summed E-state index contributed by atoms with van der Waals surface area (Å²) in [7, 11) is -3.29. The van der Waals surface area contributed by atoms with Crippen LogP contribution in [0.25, 0.3) is 0 Å². The van der Waals surface area contributed by atoms with Crippen molar-refractivity contribution >= 4 is 15.7 Å². The van der Waals surface area contributed by atoms with Crippen molar-refractivity contribution in [2.45, 2.75) is 18.4 Å². The Labute approximate surface area is 154 Å². The molecular weight excluding hydrogens is 350 g/mol. The molecule has 2 rings (SSSR count). The number of amides is 1. The highest BCUT2D eigenvalue weighted by Crippen LogP contribution is 2.17.